The van der Waals surface area contributed by atoms with E-state index in [-0.39, 0.29) is 0 Å². The number of nitrogen functional groups attached to an aromatic ring is 1. The van der Waals surface area contributed by atoms with E-state index in [1.54, 1.807) is 0 Å². The highest BCUT2D eigenvalue weighted by Crippen LogP contribution is 2.42. The van der Waals surface area contributed by atoms with Gasteiger partial charge in [0.2, 0.25) is 0 Å². The molecule has 1 spiro atoms. The van der Waals surface area contributed by atoms with Crippen molar-refractivity contribution >= 4 is 11.4 Å². The molecule has 2 fully saturated rings. The Kier molecular flexibility index (Phi) is 3.63. The van der Waals surface area contributed by atoms with Crippen LogP contribution in [0.3, 0.4) is 0 Å². The fourth-order valence-corrected chi connectivity index (χ4v) is 3.85. The maximum Gasteiger partial charge on any atom is 0.0397 e. The molecule has 1 aromatic rings. The van der Waals surface area contributed by atoms with Crippen molar-refractivity contribution in [3.05, 3.63) is 23.8 Å². The van der Waals surface area contributed by atoms with Crippen molar-refractivity contribution < 1.29 is 0 Å². The van der Waals surface area contributed by atoms with Crippen molar-refractivity contribution in [2.24, 2.45) is 5.41 Å². The van der Waals surface area contributed by atoms with Crippen molar-refractivity contribution in [2.45, 2.75) is 32.6 Å². The first-order valence-corrected chi connectivity index (χ1v) is 7.88. The third-order valence-electron chi connectivity index (χ3n) is 5.43. The number of hydrogen-bond donors (Lipinski definition) is 1. The third-order valence-corrected chi connectivity index (χ3v) is 5.43. The van der Waals surface area contributed by atoms with Gasteiger partial charge in [0.1, 0.15) is 0 Å². The van der Waals surface area contributed by atoms with Gasteiger partial charge in [-0.2, -0.15) is 0 Å². The predicted octanol–water partition coefficient (Wildman–Crippen LogP) is 2.89. The zero-order valence-electron chi connectivity index (χ0n) is 12.9. The highest BCUT2D eigenvalue weighted by molar-refractivity contribution is 5.59. The molecular formula is C17H27N3. The van der Waals surface area contributed by atoms with Crippen molar-refractivity contribution in [2.75, 3.05) is 43.9 Å². The molecule has 0 bridgehead atoms. The van der Waals surface area contributed by atoms with Gasteiger partial charge in [0.15, 0.2) is 0 Å². The maximum absolute atomic E-state index is 5.86. The monoisotopic (exact) mass is 273 g/mol. The molecule has 0 saturated carbocycles. The van der Waals surface area contributed by atoms with E-state index in [4.69, 9.17) is 5.73 Å². The standard InChI is InChI=1S/C17H27N3/c1-14-13-15(18)3-4-16(14)20-11-7-17(8-12-20)5-9-19(2)10-6-17/h3-4,13H,5-12,18H2,1-2H3. The minimum absolute atomic E-state index is 0.630. The fourth-order valence-electron chi connectivity index (χ4n) is 3.85. The molecule has 3 heteroatoms. The number of benzene rings is 1. The quantitative estimate of drug-likeness (QED) is 0.799. The zero-order chi connectivity index (χ0) is 14.2. The van der Waals surface area contributed by atoms with Gasteiger partial charge in [0.25, 0.3) is 0 Å². The van der Waals surface area contributed by atoms with Crippen molar-refractivity contribution in [1.82, 2.24) is 4.90 Å². The van der Waals surface area contributed by atoms with Gasteiger partial charge < -0.3 is 15.5 Å². The Hall–Kier alpha value is -1.22. The van der Waals surface area contributed by atoms with E-state index in [2.05, 4.69) is 35.9 Å². The lowest BCUT2D eigenvalue weighted by Crippen LogP contribution is -2.46. The second-order valence-corrected chi connectivity index (χ2v) is 6.84. The van der Waals surface area contributed by atoms with Crippen molar-refractivity contribution in [1.29, 1.82) is 0 Å². The smallest absolute Gasteiger partial charge is 0.0397 e. The molecule has 3 nitrogen and oxygen atoms in total. The van der Waals surface area contributed by atoms with Crippen LogP contribution in [0.15, 0.2) is 18.2 Å². The highest BCUT2D eigenvalue weighted by Gasteiger charge is 2.36. The summed E-state index contributed by atoms with van der Waals surface area (Å²) in [6, 6.07) is 6.31. The number of nitrogens with zero attached hydrogens (tertiary/aromatic N) is 2. The fraction of sp³-hybridized carbons (Fsp3) is 0.647. The molecule has 2 aliphatic rings. The van der Waals surface area contributed by atoms with Gasteiger partial charge in [-0.3, -0.25) is 0 Å². The number of hydrogen-bond acceptors (Lipinski definition) is 3. The van der Waals surface area contributed by atoms with E-state index in [1.165, 1.54) is 63.1 Å². The number of aryl methyl sites for hydroxylation is 1. The van der Waals surface area contributed by atoms with Gasteiger partial charge in [0, 0.05) is 24.5 Å². The number of nitrogens with two attached hydrogens (primary N) is 1. The van der Waals surface area contributed by atoms with Crippen LogP contribution in [0.2, 0.25) is 0 Å². The van der Waals surface area contributed by atoms with Gasteiger partial charge >= 0.3 is 0 Å². The summed E-state index contributed by atoms with van der Waals surface area (Å²) in [5, 5.41) is 0. The molecule has 0 unspecified atom stereocenters. The Morgan fingerprint density at radius 2 is 1.60 bits per heavy atom. The van der Waals surface area contributed by atoms with Crippen LogP contribution in [0, 0.1) is 12.3 Å². The summed E-state index contributed by atoms with van der Waals surface area (Å²) < 4.78 is 0. The third kappa shape index (κ3) is 2.64. The van der Waals surface area contributed by atoms with Gasteiger partial charge in [-0.15, -0.1) is 0 Å². The van der Waals surface area contributed by atoms with Crippen LogP contribution in [0.1, 0.15) is 31.2 Å². The first-order chi connectivity index (χ1) is 9.58. The maximum atomic E-state index is 5.86. The average Bonchev–Trinajstić information content (AvgIpc) is 2.44. The van der Waals surface area contributed by atoms with Crippen LogP contribution < -0.4 is 10.6 Å². The summed E-state index contributed by atoms with van der Waals surface area (Å²) in [7, 11) is 2.25. The van der Waals surface area contributed by atoms with E-state index in [9.17, 15) is 0 Å². The van der Waals surface area contributed by atoms with Crippen LogP contribution in [0.4, 0.5) is 11.4 Å². The van der Waals surface area contributed by atoms with E-state index >= 15 is 0 Å². The van der Waals surface area contributed by atoms with E-state index in [0.717, 1.165) is 5.69 Å². The van der Waals surface area contributed by atoms with Gasteiger partial charge in [-0.1, -0.05) is 0 Å². The van der Waals surface area contributed by atoms with Gasteiger partial charge in [0.05, 0.1) is 0 Å². The van der Waals surface area contributed by atoms with Gasteiger partial charge in [-0.05, 0) is 81.9 Å². The first-order valence-electron chi connectivity index (χ1n) is 7.88. The number of rotatable bonds is 1. The molecule has 2 heterocycles. The van der Waals surface area contributed by atoms with Crippen molar-refractivity contribution in [3.63, 3.8) is 0 Å². The molecule has 1 aromatic carbocycles. The molecule has 2 N–H and O–H groups in total. The summed E-state index contributed by atoms with van der Waals surface area (Å²) >= 11 is 0. The largest absolute Gasteiger partial charge is 0.399 e. The SMILES string of the molecule is Cc1cc(N)ccc1N1CCC2(CCN(C)CC2)CC1. The topological polar surface area (TPSA) is 32.5 Å². The lowest BCUT2D eigenvalue weighted by Gasteiger charge is -2.47. The van der Waals surface area contributed by atoms with Gasteiger partial charge in [-0.25, -0.2) is 0 Å². The first kappa shape index (κ1) is 13.7. The minimum atomic E-state index is 0.630. The lowest BCUT2D eigenvalue weighted by molar-refractivity contribution is 0.0944. The second kappa shape index (κ2) is 5.28. The Labute approximate surface area is 122 Å². The molecule has 0 amide bonds. The van der Waals surface area contributed by atoms with E-state index in [1.807, 2.05) is 6.07 Å². The summed E-state index contributed by atoms with van der Waals surface area (Å²) in [6.45, 7) is 7.14. The molecule has 3 rings (SSSR count). The summed E-state index contributed by atoms with van der Waals surface area (Å²) in [5.41, 5.74) is 10.0. The molecule has 0 aliphatic carbocycles. The summed E-state index contributed by atoms with van der Waals surface area (Å²) in [6.07, 6.45) is 5.48. The zero-order valence-corrected chi connectivity index (χ0v) is 12.9. The average molecular weight is 273 g/mol. The van der Waals surface area contributed by atoms with Crippen LogP contribution >= 0.6 is 0 Å². The Balaban J connectivity index is 1.66. The van der Waals surface area contributed by atoms with Crippen molar-refractivity contribution in [3.8, 4) is 0 Å². The normalized spacial score (nSPS) is 23.2. The molecule has 0 radical (unpaired) electrons. The molecule has 0 atom stereocenters. The predicted molar refractivity (Wildman–Crippen MR) is 86.2 cm³/mol. The van der Waals surface area contributed by atoms with Crippen LogP contribution in [0.5, 0.6) is 0 Å². The molecule has 2 saturated heterocycles. The molecule has 20 heavy (non-hydrogen) atoms. The van der Waals surface area contributed by atoms with E-state index < -0.39 is 0 Å². The Morgan fingerprint density at radius 3 is 2.20 bits per heavy atom. The number of likely N-dealkylation sites (tertiary alicyclic amines) is 1. The second-order valence-electron chi connectivity index (χ2n) is 6.84. The molecular weight excluding hydrogens is 246 g/mol. The number of piperidine rings is 2. The highest BCUT2D eigenvalue weighted by atomic mass is 15.1. The van der Waals surface area contributed by atoms with Crippen LogP contribution in [0.25, 0.3) is 0 Å². The van der Waals surface area contributed by atoms with Crippen LogP contribution in [-0.2, 0) is 0 Å². The van der Waals surface area contributed by atoms with Crippen LogP contribution in [-0.4, -0.2) is 38.1 Å². The summed E-state index contributed by atoms with van der Waals surface area (Å²) in [5.74, 6) is 0. The molecule has 0 aromatic heterocycles. The molecule has 2 aliphatic heterocycles. The minimum Gasteiger partial charge on any atom is -0.399 e. The Bertz CT molecular complexity index is 465. The lowest BCUT2D eigenvalue weighted by atomic mass is 9.71. The summed E-state index contributed by atoms with van der Waals surface area (Å²) in [4.78, 5) is 5.03. The molecule has 110 valence electrons. The number of anilines is 2. The Morgan fingerprint density at radius 1 is 1.00 bits per heavy atom. The van der Waals surface area contributed by atoms with E-state index in [0.29, 0.717) is 5.41 Å².